The van der Waals surface area contributed by atoms with Crippen molar-refractivity contribution in [2.45, 2.75) is 160 Å². The second-order valence-electron chi connectivity index (χ2n) is 14.0. The van der Waals surface area contributed by atoms with Crippen molar-refractivity contribution in [3.8, 4) is 0 Å². The molecule has 0 aromatic rings. The number of ether oxygens (including phenoxy) is 9. The van der Waals surface area contributed by atoms with Crippen LogP contribution in [-0.4, -0.2) is 261 Å². The smallest absolute Gasteiger partial charge is 0.335 e. The van der Waals surface area contributed by atoms with E-state index >= 15 is 0 Å². The Bertz CT molecular complexity index is 1260. The van der Waals surface area contributed by atoms with Gasteiger partial charge in [-0.15, -0.1) is 0 Å². The van der Waals surface area contributed by atoms with Gasteiger partial charge in [-0.25, -0.2) is 4.79 Å². The molecule has 26 nitrogen and oxygen atoms in total. The van der Waals surface area contributed by atoms with Gasteiger partial charge in [0.15, 0.2) is 37.6 Å². The minimum absolute atomic E-state index is 0.827. The molecule has 16 N–H and O–H groups in total. The van der Waals surface area contributed by atoms with Crippen molar-refractivity contribution in [2.75, 3.05) is 19.8 Å². The predicted octanol–water partition coefficient (Wildman–Crippen LogP) is -10.8. The number of aliphatic hydroxyl groups excluding tert-OH is 15. The summed E-state index contributed by atoms with van der Waals surface area (Å²) in [5.74, 6) is -1.85. The normalized spacial score (nSPS) is 53.1. The van der Waals surface area contributed by atoms with Crippen molar-refractivity contribution in [3.05, 3.63) is 0 Å². The fraction of sp³-hybridized carbons (Fsp3) is 0.967. The molecule has 26 heteroatoms. The van der Waals surface area contributed by atoms with Crippen molar-refractivity contribution in [3.63, 3.8) is 0 Å². The zero-order valence-corrected chi connectivity index (χ0v) is 29.3. The summed E-state index contributed by atoms with van der Waals surface area (Å²) in [6.45, 7) is -1.40. The van der Waals surface area contributed by atoms with Gasteiger partial charge in [-0.1, -0.05) is 0 Å². The SMILES string of the molecule is C[C@@H]1O[C@@H](O)[C@@H](O)[C@H](O[C@H]2O[C@H](CO)[C@H](O)[C@H](O[C@H]3O[C@H](C(=O)O)[C@@H](O[C@H]4O[C@H](CO)[C@H](O)[C@H](O)[C@H]4O)[C@H](O)[C@H]3O)[C@H]2O)[C@@H]1O[C@@H]1O[C@H](CO)[C@@H](O)[C@H](O)[C@H]1O. The van der Waals surface area contributed by atoms with Crippen molar-refractivity contribution < 1.29 is 129 Å². The van der Waals surface area contributed by atoms with Crippen LogP contribution in [-0.2, 0) is 47.4 Å². The van der Waals surface area contributed by atoms with Crippen molar-refractivity contribution in [2.24, 2.45) is 0 Å². The molecule has 0 unspecified atom stereocenters. The fourth-order valence-corrected chi connectivity index (χ4v) is 6.95. The third-order valence-corrected chi connectivity index (χ3v) is 10.2. The summed E-state index contributed by atoms with van der Waals surface area (Å²) >= 11 is 0. The largest absolute Gasteiger partial charge is 0.479 e. The van der Waals surface area contributed by atoms with Crippen LogP contribution in [0.4, 0.5) is 0 Å². The highest BCUT2D eigenvalue weighted by Crippen LogP contribution is 2.36. The molecule has 0 aromatic carbocycles. The lowest BCUT2D eigenvalue weighted by molar-refractivity contribution is -0.394. The standard InChI is InChI=1S/C30H50O26/c1-5-20(52-27-15(40)12(37)9(34)6(2-31)49-27)23(18(43)26(47)48-5)55-30-19(44)21(11(36)8(4-33)51-30)53-29-17(42)14(39)22(24(56-29)25(45)46)54-28-16(41)13(38)10(35)7(3-32)50-28/h5-24,26-44,47H,2-4H2,1H3,(H,45,46)/t5-,6+,7+,8+,9+,10-,11-,12-,13-,14+,15+,16+,17+,18-,19+,20+,21-,22-,23-,24-,26+,27-,28+,29-,30+/m0/s1. The maximum absolute atomic E-state index is 12.3. The Balaban J connectivity index is 1.34. The van der Waals surface area contributed by atoms with E-state index in [0.29, 0.717) is 0 Å². The van der Waals surface area contributed by atoms with Gasteiger partial charge in [0.25, 0.3) is 0 Å². The molecule has 0 aliphatic carbocycles. The number of aliphatic hydroxyl groups is 15. The van der Waals surface area contributed by atoms with Gasteiger partial charge in [-0.2, -0.15) is 0 Å². The van der Waals surface area contributed by atoms with Gasteiger partial charge in [-0.3, -0.25) is 0 Å². The summed E-state index contributed by atoms with van der Waals surface area (Å²) in [4.78, 5) is 12.3. The maximum Gasteiger partial charge on any atom is 0.335 e. The summed E-state index contributed by atoms with van der Waals surface area (Å²) < 4.78 is 49.1. The Morgan fingerprint density at radius 1 is 0.429 bits per heavy atom. The topological polar surface area (TPSA) is 424 Å². The van der Waals surface area contributed by atoms with E-state index in [1.54, 1.807) is 0 Å². The van der Waals surface area contributed by atoms with E-state index in [2.05, 4.69) is 0 Å². The summed E-state index contributed by atoms with van der Waals surface area (Å²) in [5, 5.41) is 166. The molecule has 56 heavy (non-hydrogen) atoms. The highest BCUT2D eigenvalue weighted by atomic mass is 16.8. The molecule has 0 aromatic heterocycles. The second kappa shape index (κ2) is 18.8. The Kier molecular flexibility index (Phi) is 15.3. The van der Waals surface area contributed by atoms with Crippen LogP contribution in [0.2, 0.25) is 0 Å². The van der Waals surface area contributed by atoms with E-state index in [1.165, 1.54) is 6.92 Å². The summed E-state index contributed by atoms with van der Waals surface area (Å²) in [7, 11) is 0. The zero-order valence-electron chi connectivity index (χ0n) is 29.3. The summed E-state index contributed by atoms with van der Waals surface area (Å²) in [6, 6.07) is 0. The number of carboxylic acids is 1. The first-order valence-corrected chi connectivity index (χ1v) is 17.5. The van der Waals surface area contributed by atoms with Gasteiger partial charge >= 0.3 is 5.97 Å². The molecule has 0 bridgehead atoms. The van der Waals surface area contributed by atoms with Crippen LogP contribution in [0.15, 0.2) is 0 Å². The molecule has 0 amide bonds. The van der Waals surface area contributed by atoms with Crippen LogP contribution < -0.4 is 0 Å². The molecule has 5 saturated heterocycles. The van der Waals surface area contributed by atoms with E-state index in [4.69, 9.17) is 42.6 Å². The molecule has 0 saturated carbocycles. The van der Waals surface area contributed by atoms with Crippen LogP contribution in [0, 0.1) is 0 Å². The van der Waals surface area contributed by atoms with E-state index in [9.17, 15) is 86.5 Å². The fourth-order valence-electron chi connectivity index (χ4n) is 6.95. The van der Waals surface area contributed by atoms with Crippen LogP contribution in [0.5, 0.6) is 0 Å². The molecule has 5 aliphatic rings. The first-order chi connectivity index (χ1) is 26.4. The molecule has 5 fully saturated rings. The molecule has 0 radical (unpaired) electrons. The van der Waals surface area contributed by atoms with Crippen molar-refractivity contribution >= 4 is 5.97 Å². The minimum Gasteiger partial charge on any atom is -0.479 e. The van der Waals surface area contributed by atoms with E-state index < -0.39 is 179 Å². The molecular weight excluding hydrogens is 776 g/mol. The first kappa shape index (κ1) is 45.6. The van der Waals surface area contributed by atoms with Gasteiger partial charge in [0.2, 0.25) is 0 Å². The van der Waals surface area contributed by atoms with Gasteiger partial charge in [0.05, 0.1) is 25.9 Å². The third kappa shape index (κ3) is 8.99. The Labute approximate surface area is 315 Å². The van der Waals surface area contributed by atoms with Crippen LogP contribution in [0.1, 0.15) is 6.92 Å². The number of carboxylic acid groups (broad SMARTS) is 1. The Hall–Kier alpha value is -1.49. The monoisotopic (exact) mass is 826 g/mol. The molecule has 326 valence electrons. The van der Waals surface area contributed by atoms with Crippen LogP contribution in [0.25, 0.3) is 0 Å². The van der Waals surface area contributed by atoms with E-state index in [-0.39, 0.29) is 0 Å². The second-order valence-corrected chi connectivity index (χ2v) is 14.0. The molecular formula is C30H50O26. The number of hydrogen-bond acceptors (Lipinski definition) is 25. The number of rotatable bonds is 12. The first-order valence-electron chi connectivity index (χ1n) is 17.5. The predicted molar refractivity (Wildman–Crippen MR) is 166 cm³/mol. The molecule has 5 aliphatic heterocycles. The van der Waals surface area contributed by atoms with Gasteiger partial charge in [-0.05, 0) is 6.92 Å². The zero-order chi connectivity index (χ0) is 41.5. The lowest BCUT2D eigenvalue weighted by Crippen LogP contribution is -2.68. The van der Waals surface area contributed by atoms with Crippen LogP contribution in [0.3, 0.4) is 0 Å². The maximum atomic E-state index is 12.3. The highest BCUT2D eigenvalue weighted by molar-refractivity contribution is 5.73. The number of aliphatic carboxylic acids is 1. The summed E-state index contributed by atoms with van der Waals surface area (Å²) in [6.07, 6.45) is -48.0. The quantitative estimate of drug-likeness (QED) is 0.0868. The molecule has 5 heterocycles. The third-order valence-electron chi connectivity index (χ3n) is 10.2. The van der Waals surface area contributed by atoms with Gasteiger partial charge in [0, 0.05) is 0 Å². The van der Waals surface area contributed by atoms with E-state index in [0.717, 1.165) is 0 Å². The number of carbonyl (C=O) groups is 1. The van der Waals surface area contributed by atoms with Gasteiger partial charge in [0.1, 0.15) is 110 Å². The molecule has 25 atom stereocenters. The lowest BCUT2D eigenvalue weighted by Gasteiger charge is -2.49. The van der Waals surface area contributed by atoms with Crippen molar-refractivity contribution in [1.82, 2.24) is 0 Å². The number of hydrogen-bond donors (Lipinski definition) is 16. The highest BCUT2D eigenvalue weighted by Gasteiger charge is 2.57. The van der Waals surface area contributed by atoms with E-state index in [1.807, 2.05) is 0 Å². The van der Waals surface area contributed by atoms with Crippen molar-refractivity contribution in [1.29, 1.82) is 0 Å². The van der Waals surface area contributed by atoms with Crippen LogP contribution >= 0.6 is 0 Å². The molecule has 5 rings (SSSR count). The minimum atomic E-state index is -2.28. The lowest BCUT2D eigenvalue weighted by atomic mass is 9.95. The average Bonchev–Trinajstić information content (AvgIpc) is 3.16. The Morgan fingerprint density at radius 3 is 1.30 bits per heavy atom. The summed E-state index contributed by atoms with van der Waals surface area (Å²) in [5.41, 5.74) is 0. The Morgan fingerprint density at radius 2 is 0.821 bits per heavy atom. The van der Waals surface area contributed by atoms with Gasteiger partial charge < -0.3 is 124 Å². The molecule has 0 spiro atoms. The average molecular weight is 827 g/mol.